The largest absolute Gasteiger partial charge is 0.399 e. The average Bonchev–Trinajstić information content (AvgIpc) is 2.29. The lowest BCUT2D eigenvalue weighted by molar-refractivity contribution is 0.0936. The molecule has 0 radical (unpaired) electrons. The Kier molecular flexibility index (Phi) is 5.50. The first kappa shape index (κ1) is 14.9. The Bertz CT molecular complexity index is 399. The topological polar surface area (TPSA) is 75.3 Å². The molecule has 2 atom stereocenters. The number of nitrogens with two attached hydrogens (primary N) is 1. The summed E-state index contributed by atoms with van der Waals surface area (Å²) in [7, 11) is 0. The summed E-state index contributed by atoms with van der Waals surface area (Å²) in [5, 5.41) is 12.0. The first-order valence-corrected chi connectivity index (χ1v) is 7.08. The maximum atomic E-state index is 12.0. The number of carbonyl (C=O) groups is 1. The van der Waals surface area contributed by atoms with Gasteiger partial charge in [0.05, 0.1) is 6.61 Å². The van der Waals surface area contributed by atoms with Crippen molar-refractivity contribution in [2.75, 3.05) is 18.6 Å². The lowest BCUT2D eigenvalue weighted by Crippen LogP contribution is -2.41. The maximum Gasteiger partial charge on any atom is 0.251 e. The number of hydrogen-bond donors (Lipinski definition) is 3. The molecule has 0 bridgehead atoms. The van der Waals surface area contributed by atoms with E-state index in [1.807, 2.05) is 26.2 Å². The van der Waals surface area contributed by atoms with Crippen molar-refractivity contribution < 1.29 is 9.90 Å². The van der Waals surface area contributed by atoms with Gasteiger partial charge in [-0.1, -0.05) is 0 Å². The maximum absolute atomic E-state index is 12.0. The molecule has 0 aliphatic heterocycles. The second-order valence-corrected chi connectivity index (χ2v) is 5.43. The van der Waals surface area contributed by atoms with Gasteiger partial charge >= 0.3 is 0 Å². The van der Waals surface area contributed by atoms with E-state index >= 15 is 0 Å². The third kappa shape index (κ3) is 3.92. The molecule has 4 nitrogen and oxygen atoms in total. The Morgan fingerprint density at radius 1 is 1.50 bits per heavy atom. The molecule has 1 aromatic rings. The zero-order chi connectivity index (χ0) is 13.7. The van der Waals surface area contributed by atoms with Crippen LogP contribution >= 0.6 is 11.8 Å². The van der Waals surface area contributed by atoms with Gasteiger partial charge in [-0.2, -0.15) is 11.8 Å². The van der Waals surface area contributed by atoms with Gasteiger partial charge in [-0.3, -0.25) is 4.79 Å². The molecule has 0 aliphatic rings. The molecule has 0 heterocycles. The quantitative estimate of drug-likeness (QED) is 0.706. The Labute approximate surface area is 112 Å². The van der Waals surface area contributed by atoms with Crippen LogP contribution in [0.3, 0.4) is 0 Å². The van der Waals surface area contributed by atoms with Crippen molar-refractivity contribution in [2.45, 2.75) is 25.1 Å². The summed E-state index contributed by atoms with van der Waals surface area (Å²) in [6, 6.07) is 5.17. The van der Waals surface area contributed by atoms with E-state index in [1.165, 1.54) is 11.8 Å². The molecule has 1 aromatic carbocycles. The fourth-order valence-corrected chi connectivity index (χ4v) is 2.39. The number of benzene rings is 1. The first-order chi connectivity index (χ1) is 8.47. The summed E-state index contributed by atoms with van der Waals surface area (Å²) in [5.41, 5.74) is 7.80. The number of carbonyl (C=O) groups excluding carboxylic acids is 1. The van der Waals surface area contributed by atoms with Crippen LogP contribution in [0.15, 0.2) is 18.2 Å². The second kappa shape index (κ2) is 6.66. The summed E-state index contributed by atoms with van der Waals surface area (Å²) in [6.45, 7) is 3.82. The number of thioether (sulfide) groups is 1. The fraction of sp³-hybridized carbons (Fsp3) is 0.462. The van der Waals surface area contributed by atoms with Gasteiger partial charge < -0.3 is 16.2 Å². The standard InChI is InChI=1S/C13H20N2O2S/c1-8-4-10(6-11(14)5-8)13(17)15-9(2)12(7-16)18-3/h4-6,9,12,16H,7,14H2,1-3H3,(H,15,17). The van der Waals surface area contributed by atoms with Gasteiger partial charge in [-0.15, -0.1) is 0 Å². The highest BCUT2D eigenvalue weighted by Gasteiger charge is 2.18. The van der Waals surface area contributed by atoms with Crippen molar-refractivity contribution in [3.05, 3.63) is 29.3 Å². The van der Waals surface area contributed by atoms with E-state index in [4.69, 9.17) is 5.73 Å². The number of aliphatic hydroxyl groups is 1. The zero-order valence-corrected chi connectivity index (χ0v) is 11.8. The number of nitrogens with one attached hydrogen (secondary N) is 1. The van der Waals surface area contributed by atoms with Crippen molar-refractivity contribution in [3.8, 4) is 0 Å². The molecule has 18 heavy (non-hydrogen) atoms. The minimum absolute atomic E-state index is 0.00361. The Hall–Kier alpha value is -1.20. The van der Waals surface area contributed by atoms with Crippen LogP contribution < -0.4 is 11.1 Å². The van der Waals surface area contributed by atoms with Gasteiger partial charge in [-0.05, 0) is 43.9 Å². The van der Waals surface area contributed by atoms with Crippen LogP contribution in [-0.2, 0) is 0 Å². The minimum Gasteiger partial charge on any atom is -0.399 e. The molecule has 4 N–H and O–H groups in total. The summed E-state index contributed by atoms with van der Waals surface area (Å²) >= 11 is 1.53. The molecule has 0 fully saturated rings. The lowest BCUT2D eigenvalue weighted by atomic mass is 10.1. The highest BCUT2D eigenvalue weighted by atomic mass is 32.2. The van der Waals surface area contributed by atoms with Crippen molar-refractivity contribution in [3.63, 3.8) is 0 Å². The number of aliphatic hydroxyl groups excluding tert-OH is 1. The SMILES string of the molecule is CSC(CO)C(C)NC(=O)c1cc(C)cc(N)c1. The number of aryl methyl sites for hydroxylation is 1. The van der Waals surface area contributed by atoms with Crippen LogP contribution in [0, 0.1) is 6.92 Å². The van der Waals surface area contributed by atoms with Gasteiger partial charge in [0.15, 0.2) is 0 Å². The summed E-state index contributed by atoms with van der Waals surface area (Å²) in [6.07, 6.45) is 1.91. The van der Waals surface area contributed by atoms with Crippen LogP contribution in [0.5, 0.6) is 0 Å². The lowest BCUT2D eigenvalue weighted by Gasteiger charge is -2.21. The number of hydrogen-bond acceptors (Lipinski definition) is 4. The van der Waals surface area contributed by atoms with E-state index in [1.54, 1.807) is 12.1 Å². The van der Waals surface area contributed by atoms with Crippen molar-refractivity contribution in [2.24, 2.45) is 0 Å². The van der Waals surface area contributed by atoms with E-state index in [0.717, 1.165) is 5.56 Å². The van der Waals surface area contributed by atoms with E-state index in [-0.39, 0.29) is 23.8 Å². The van der Waals surface area contributed by atoms with Crippen LogP contribution in [0.4, 0.5) is 5.69 Å². The molecule has 0 spiro atoms. The van der Waals surface area contributed by atoms with E-state index in [9.17, 15) is 9.90 Å². The molecule has 1 amide bonds. The fourth-order valence-electron chi connectivity index (χ4n) is 1.76. The minimum atomic E-state index is -0.162. The van der Waals surface area contributed by atoms with Gasteiger partial charge in [0.2, 0.25) is 0 Å². The number of rotatable bonds is 5. The molecule has 0 aromatic heterocycles. The molecular weight excluding hydrogens is 248 g/mol. The zero-order valence-electron chi connectivity index (χ0n) is 10.9. The van der Waals surface area contributed by atoms with Gasteiger partial charge in [-0.25, -0.2) is 0 Å². The summed E-state index contributed by atoms with van der Waals surface area (Å²) < 4.78 is 0. The molecule has 0 saturated heterocycles. The molecule has 1 rings (SSSR count). The van der Waals surface area contributed by atoms with Crippen LogP contribution in [-0.4, -0.2) is 35.2 Å². The number of nitrogen functional groups attached to an aromatic ring is 1. The third-order valence-corrected chi connectivity index (χ3v) is 3.92. The molecule has 5 heteroatoms. The normalized spacial score (nSPS) is 14.0. The second-order valence-electron chi connectivity index (χ2n) is 4.35. The van der Waals surface area contributed by atoms with Crippen molar-refractivity contribution in [1.82, 2.24) is 5.32 Å². The van der Waals surface area contributed by atoms with Crippen LogP contribution in [0.1, 0.15) is 22.8 Å². The Morgan fingerprint density at radius 2 is 2.17 bits per heavy atom. The van der Waals surface area contributed by atoms with Gasteiger partial charge in [0, 0.05) is 22.5 Å². The summed E-state index contributed by atoms with van der Waals surface area (Å²) in [4.78, 5) is 12.0. The molecule has 100 valence electrons. The molecule has 0 aliphatic carbocycles. The van der Waals surface area contributed by atoms with Gasteiger partial charge in [0.25, 0.3) is 5.91 Å². The predicted molar refractivity (Wildman–Crippen MR) is 76.9 cm³/mol. The van der Waals surface area contributed by atoms with E-state index in [0.29, 0.717) is 11.3 Å². The van der Waals surface area contributed by atoms with Crippen molar-refractivity contribution >= 4 is 23.4 Å². The van der Waals surface area contributed by atoms with Crippen molar-refractivity contribution in [1.29, 1.82) is 0 Å². The van der Waals surface area contributed by atoms with Crippen LogP contribution in [0.2, 0.25) is 0 Å². The Balaban J connectivity index is 2.76. The molecule has 0 saturated carbocycles. The highest BCUT2D eigenvalue weighted by molar-refractivity contribution is 7.99. The average molecular weight is 268 g/mol. The summed E-state index contributed by atoms with van der Waals surface area (Å²) in [5.74, 6) is -0.162. The third-order valence-electron chi connectivity index (χ3n) is 2.76. The van der Waals surface area contributed by atoms with E-state index < -0.39 is 0 Å². The highest BCUT2D eigenvalue weighted by Crippen LogP contribution is 2.14. The van der Waals surface area contributed by atoms with Gasteiger partial charge in [0.1, 0.15) is 0 Å². The number of anilines is 1. The Morgan fingerprint density at radius 3 is 2.67 bits per heavy atom. The number of amides is 1. The smallest absolute Gasteiger partial charge is 0.251 e. The molecule has 2 unspecified atom stereocenters. The monoisotopic (exact) mass is 268 g/mol. The van der Waals surface area contributed by atoms with E-state index in [2.05, 4.69) is 5.32 Å². The molecular formula is C13H20N2O2S. The predicted octanol–water partition coefficient (Wildman–Crippen LogP) is 1.42. The first-order valence-electron chi connectivity index (χ1n) is 5.79. The van der Waals surface area contributed by atoms with Crippen LogP contribution in [0.25, 0.3) is 0 Å².